The van der Waals surface area contributed by atoms with Gasteiger partial charge in [0.15, 0.2) is 5.65 Å². The number of benzene rings is 2. The Bertz CT molecular complexity index is 1780. The lowest BCUT2D eigenvalue weighted by molar-refractivity contribution is -0.126. The highest BCUT2D eigenvalue weighted by Crippen LogP contribution is 2.40. The monoisotopic (exact) mass is 604 g/mol. The average Bonchev–Trinajstić information content (AvgIpc) is 2.98. The zero-order valence-corrected chi connectivity index (χ0v) is 24.9. The third-order valence-corrected chi connectivity index (χ3v) is 9.01. The number of carbonyl (C=O) groups excluding carboxylic acids is 1. The number of amides is 1. The zero-order valence-electron chi connectivity index (χ0n) is 23.4. The van der Waals surface area contributed by atoms with E-state index in [-0.39, 0.29) is 28.1 Å². The average molecular weight is 605 g/mol. The number of para-hydroxylation sites is 1. The van der Waals surface area contributed by atoms with Crippen LogP contribution < -0.4 is 15.9 Å². The van der Waals surface area contributed by atoms with Gasteiger partial charge in [-0.2, -0.15) is 4.98 Å². The van der Waals surface area contributed by atoms with Crippen molar-refractivity contribution in [2.24, 2.45) is 0 Å². The number of nitrogens with zero attached hydrogens (tertiary/aromatic N) is 5. The Morgan fingerprint density at radius 3 is 2.64 bits per heavy atom. The molecule has 8 nitrogen and oxygen atoms in total. The first kappa shape index (κ1) is 28.2. The maximum Gasteiger partial charge on any atom is 0.355 e. The molecule has 1 N–H and O–H groups in total. The van der Waals surface area contributed by atoms with Crippen molar-refractivity contribution < 1.29 is 9.18 Å². The third-order valence-electron chi connectivity index (χ3n) is 7.67. The normalized spacial score (nSPS) is 15.1. The molecule has 2 aliphatic rings. The Morgan fingerprint density at radius 1 is 1.14 bits per heavy atom. The van der Waals surface area contributed by atoms with Crippen molar-refractivity contribution in [1.82, 2.24) is 19.4 Å². The Hall–Kier alpha value is -3.89. The van der Waals surface area contributed by atoms with Crippen LogP contribution in [0.5, 0.6) is 0 Å². The molecule has 2 aromatic heterocycles. The Balaban J connectivity index is 1.66. The Morgan fingerprint density at radius 2 is 1.90 bits per heavy atom. The predicted molar refractivity (Wildman–Crippen MR) is 168 cm³/mol. The zero-order chi connectivity index (χ0) is 29.5. The van der Waals surface area contributed by atoms with Crippen molar-refractivity contribution in [3.8, 4) is 16.9 Å². The second-order valence-electron chi connectivity index (χ2n) is 10.5. The first-order valence-electron chi connectivity index (χ1n) is 13.9. The van der Waals surface area contributed by atoms with Crippen molar-refractivity contribution >= 4 is 51.8 Å². The number of thioether (sulfide) groups is 1. The molecular weight excluding hydrogens is 575 g/mol. The summed E-state index contributed by atoms with van der Waals surface area (Å²) < 4.78 is 17.0. The summed E-state index contributed by atoms with van der Waals surface area (Å²) in [7, 11) is 0. The van der Waals surface area contributed by atoms with E-state index in [1.165, 1.54) is 12.1 Å². The van der Waals surface area contributed by atoms with Gasteiger partial charge >= 0.3 is 5.69 Å². The van der Waals surface area contributed by atoms with E-state index in [2.05, 4.69) is 30.7 Å². The first-order chi connectivity index (χ1) is 20.3. The smallest absolute Gasteiger partial charge is 0.355 e. The summed E-state index contributed by atoms with van der Waals surface area (Å²) in [6.45, 7) is 10.2. The van der Waals surface area contributed by atoms with Crippen LogP contribution in [-0.4, -0.2) is 63.8 Å². The van der Waals surface area contributed by atoms with Gasteiger partial charge in [0, 0.05) is 49.1 Å². The van der Waals surface area contributed by atoms with Crippen LogP contribution in [0.1, 0.15) is 25.3 Å². The van der Waals surface area contributed by atoms with E-state index in [4.69, 9.17) is 16.6 Å². The minimum absolute atomic E-state index is 0.105. The van der Waals surface area contributed by atoms with Gasteiger partial charge in [-0.3, -0.25) is 4.79 Å². The van der Waals surface area contributed by atoms with Gasteiger partial charge < -0.3 is 15.1 Å². The first-order valence-corrected chi connectivity index (χ1v) is 15.2. The lowest BCUT2D eigenvalue weighted by Gasteiger charge is -2.35. The van der Waals surface area contributed by atoms with Crippen LogP contribution in [0.25, 0.3) is 28.0 Å². The molecule has 2 aromatic carbocycles. The van der Waals surface area contributed by atoms with Crippen LogP contribution in [-0.2, 0) is 4.79 Å². The molecule has 1 fully saturated rings. The van der Waals surface area contributed by atoms with Gasteiger partial charge in [-0.05, 0) is 41.8 Å². The fourth-order valence-electron chi connectivity index (χ4n) is 5.61. The number of aromatic nitrogens is 3. The van der Waals surface area contributed by atoms with Crippen LogP contribution in [0.2, 0.25) is 5.02 Å². The summed E-state index contributed by atoms with van der Waals surface area (Å²) in [5.41, 5.74) is 2.63. The Kier molecular flexibility index (Phi) is 7.67. The lowest BCUT2D eigenvalue weighted by Crippen LogP contribution is -2.49. The molecule has 216 valence electrons. The fraction of sp³-hybridized carbons (Fsp3) is 0.290. The summed E-state index contributed by atoms with van der Waals surface area (Å²) in [5.74, 6) is 0.620. The number of hydrogen-bond donors (Lipinski definition) is 1. The largest absolute Gasteiger partial charge is 0.384 e. The minimum atomic E-state index is -0.484. The summed E-state index contributed by atoms with van der Waals surface area (Å²) >= 11 is 8.50. The van der Waals surface area contributed by atoms with Crippen molar-refractivity contribution in [2.45, 2.75) is 24.7 Å². The number of fused-ring (bicyclic) bond motifs is 5. The molecule has 42 heavy (non-hydrogen) atoms. The highest BCUT2D eigenvalue weighted by atomic mass is 35.5. The maximum atomic E-state index is 15.5. The SMILES string of the molecule is C=CC(=O)N1CCN(c2nc(=O)n3c4nc(c(Cl)cc24)-c2c(F)cccc2NCCSc2cccc(C(C)C)c2-3)CC1. The van der Waals surface area contributed by atoms with Crippen LogP contribution in [0.3, 0.4) is 0 Å². The van der Waals surface area contributed by atoms with E-state index < -0.39 is 11.5 Å². The van der Waals surface area contributed by atoms with Gasteiger partial charge in [-0.25, -0.2) is 18.7 Å². The summed E-state index contributed by atoms with van der Waals surface area (Å²) in [4.78, 5) is 40.5. The van der Waals surface area contributed by atoms with Gasteiger partial charge in [0.25, 0.3) is 0 Å². The van der Waals surface area contributed by atoms with Crippen LogP contribution in [0.4, 0.5) is 15.9 Å². The molecule has 0 aliphatic carbocycles. The van der Waals surface area contributed by atoms with Crippen molar-refractivity contribution in [3.63, 3.8) is 0 Å². The van der Waals surface area contributed by atoms with Gasteiger partial charge in [0.05, 0.1) is 27.4 Å². The minimum Gasteiger partial charge on any atom is -0.384 e. The highest BCUT2D eigenvalue weighted by molar-refractivity contribution is 7.99. The van der Waals surface area contributed by atoms with E-state index in [1.807, 2.05) is 23.1 Å². The molecule has 0 saturated carbocycles. The third kappa shape index (κ3) is 4.92. The molecule has 11 heteroatoms. The van der Waals surface area contributed by atoms with Crippen molar-refractivity contribution in [2.75, 3.05) is 48.7 Å². The quantitative estimate of drug-likeness (QED) is 0.300. The van der Waals surface area contributed by atoms with Gasteiger partial charge in [-0.1, -0.05) is 50.2 Å². The van der Waals surface area contributed by atoms with Gasteiger partial charge in [-0.15, -0.1) is 11.8 Å². The molecule has 0 atom stereocenters. The number of halogens is 2. The van der Waals surface area contributed by atoms with Crippen LogP contribution in [0.15, 0.2) is 64.8 Å². The van der Waals surface area contributed by atoms with E-state index in [9.17, 15) is 9.59 Å². The highest BCUT2D eigenvalue weighted by Gasteiger charge is 2.28. The lowest BCUT2D eigenvalue weighted by atomic mass is 10.0. The second kappa shape index (κ2) is 11.4. The molecule has 4 aromatic rings. The number of carbonyl (C=O) groups is 1. The molecule has 4 heterocycles. The molecule has 1 saturated heterocycles. The summed E-state index contributed by atoms with van der Waals surface area (Å²) in [6, 6.07) is 12.6. The summed E-state index contributed by atoms with van der Waals surface area (Å²) in [5, 5.41) is 4.17. The molecule has 2 aliphatic heterocycles. The number of anilines is 2. The van der Waals surface area contributed by atoms with E-state index in [1.54, 1.807) is 39.4 Å². The maximum absolute atomic E-state index is 15.5. The fourth-order valence-corrected chi connectivity index (χ4v) is 6.80. The Labute approximate surface area is 252 Å². The van der Waals surface area contributed by atoms with E-state index in [0.717, 1.165) is 16.1 Å². The van der Waals surface area contributed by atoms with E-state index >= 15 is 4.39 Å². The predicted octanol–water partition coefficient (Wildman–Crippen LogP) is 5.72. The second-order valence-corrected chi connectivity index (χ2v) is 12.1. The number of rotatable bonds is 3. The van der Waals surface area contributed by atoms with Gasteiger partial charge in [0.2, 0.25) is 5.91 Å². The molecule has 0 unspecified atom stereocenters. The molecule has 1 amide bonds. The van der Waals surface area contributed by atoms with Crippen molar-refractivity contribution in [1.29, 1.82) is 0 Å². The van der Waals surface area contributed by atoms with Crippen molar-refractivity contribution in [3.05, 3.63) is 82.0 Å². The molecule has 0 spiro atoms. The molecule has 0 radical (unpaired) electrons. The topological polar surface area (TPSA) is 83.4 Å². The number of pyridine rings is 1. The van der Waals surface area contributed by atoms with Crippen LogP contribution in [0, 0.1) is 5.82 Å². The molecule has 2 bridgehead atoms. The number of nitrogens with one attached hydrogen (secondary N) is 1. The van der Waals surface area contributed by atoms with Gasteiger partial charge in [0.1, 0.15) is 11.6 Å². The van der Waals surface area contributed by atoms with E-state index in [0.29, 0.717) is 61.0 Å². The standard InChI is InChI=1S/C31H30ClFN6O2S/c1-4-25(40)37-12-14-38(15-13-37)29-20-17-21(32)27-26-22(33)8-6-9-23(26)34-11-16-42-24-10-5-7-19(18(2)3)28(24)39(30(20)35-27)31(41)36-29/h4-10,17-18,34H,1,11-16H2,2-3H3. The summed E-state index contributed by atoms with van der Waals surface area (Å²) in [6.07, 6.45) is 1.30. The number of piperazine rings is 1. The molecular formula is C31H30ClFN6O2S. The molecule has 6 rings (SSSR count). The van der Waals surface area contributed by atoms with Crippen LogP contribution >= 0.6 is 23.4 Å². The number of hydrogen-bond acceptors (Lipinski definition) is 7.